The highest BCUT2D eigenvalue weighted by atomic mass is 32.1. The van der Waals surface area contributed by atoms with Crippen molar-refractivity contribution < 1.29 is 0 Å². The van der Waals surface area contributed by atoms with E-state index in [1.54, 1.807) is 11.3 Å². The number of para-hydroxylation sites is 1. The van der Waals surface area contributed by atoms with E-state index in [9.17, 15) is 0 Å². The number of hydrogen-bond acceptors (Lipinski definition) is 3. The number of hydrogen-bond donors (Lipinski definition) is 0. The molecule has 0 bridgehead atoms. The summed E-state index contributed by atoms with van der Waals surface area (Å²) in [6.45, 7) is 0. The van der Waals surface area contributed by atoms with Gasteiger partial charge in [-0.15, -0.1) is 11.3 Å². The van der Waals surface area contributed by atoms with Gasteiger partial charge in [0.05, 0.1) is 15.7 Å². The first kappa shape index (κ1) is 11.9. The fourth-order valence-corrected chi connectivity index (χ4v) is 3.68. The molecule has 0 N–H and O–H groups in total. The standard InChI is InChI=1S/C18H11N3S/c1-2-6-13-11-21-14(9-12(13)5-1)10-16(20-21)18-19-15-7-3-4-8-17(15)22-18/h1-11H. The first-order valence-electron chi connectivity index (χ1n) is 7.11. The molecule has 0 aliphatic heterocycles. The third-order valence-corrected chi connectivity index (χ3v) is 4.90. The molecule has 3 nitrogen and oxygen atoms in total. The van der Waals surface area contributed by atoms with Crippen LogP contribution in [0.25, 0.3) is 37.2 Å². The molecule has 3 heterocycles. The van der Waals surface area contributed by atoms with Crippen molar-refractivity contribution in [1.29, 1.82) is 0 Å². The van der Waals surface area contributed by atoms with Crippen LogP contribution < -0.4 is 0 Å². The van der Waals surface area contributed by atoms with Gasteiger partial charge >= 0.3 is 0 Å². The lowest BCUT2D eigenvalue weighted by Crippen LogP contribution is -1.87. The molecule has 0 saturated heterocycles. The molecule has 0 amide bonds. The average molecular weight is 301 g/mol. The Hall–Kier alpha value is -2.72. The van der Waals surface area contributed by atoms with Crippen LogP contribution in [0.4, 0.5) is 0 Å². The second-order valence-corrected chi connectivity index (χ2v) is 6.32. The van der Waals surface area contributed by atoms with Crippen LogP contribution in [-0.2, 0) is 0 Å². The van der Waals surface area contributed by atoms with Crippen molar-refractivity contribution in [2.24, 2.45) is 0 Å². The summed E-state index contributed by atoms with van der Waals surface area (Å²) in [5.74, 6) is 0. The van der Waals surface area contributed by atoms with Crippen molar-refractivity contribution in [3.05, 3.63) is 66.9 Å². The number of fused-ring (bicyclic) bond motifs is 3. The number of nitrogens with zero attached hydrogens (tertiary/aromatic N) is 3. The normalized spacial score (nSPS) is 11.6. The molecular formula is C18H11N3S. The highest BCUT2D eigenvalue weighted by Crippen LogP contribution is 2.30. The minimum absolute atomic E-state index is 0.927. The van der Waals surface area contributed by atoms with Crippen LogP contribution in [0.3, 0.4) is 0 Å². The summed E-state index contributed by atoms with van der Waals surface area (Å²) in [6.07, 6.45) is 2.07. The molecule has 0 aliphatic rings. The van der Waals surface area contributed by atoms with Crippen LogP contribution in [-0.4, -0.2) is 14.6 Å². The summed E-state index contributed by atoms with van der Waals surface area (Å²) in [5.41, 5.74) is 3.05. The predicted octanol–water partition coefficient (Wildman–Crippen LogP) is 4.76. The van der Waals surface area contributed by atoms with Gasteiger partial charge in [0.25, 0.3) is 0 Å². The second-order valence-electron chi connectivity index (χ2n) is 5.29. The Morgan fingerprint density at radius 2 is 1.68 bits per heavy atom. The smallest absolute Gasteiger partial charge is 0.145 e. The molecular weight excluding hydrogens is 290 g/mol. The molecule has 0 saturated carbocycles. The molecule has 22 heavy (non-hydrogen) atoms. The van der Waals surface area contributed by atoms with Crippen molar-refractivity contribution >= 4 is 37.8 Å². The molecule has 5 rings (SSSR count). The Kier molecular flexibility index (Phi) is 2.37. The Bertz CT molecular complexity index is 1050. The molecule has 0 spiro atoms. The van der Waals surface area contributed by atoms with Gasteiger partial charge in [0.1, 0.15) is 10.7 Å². The summed E-state index contributed by atoms with van der Waals surface area (Å²) in [7, 11) is 0. The van der Waals surface area contributed by atoms with Gasteiger partial charge in [-0.25, -0.2) is 9.50 Å². The van der Waals surface area contributed by atoms with Crippen molar-refractivity contribution in [2.45, 2.75) is 0 Å². The molecule has 2 aromatic carbocycles. The van der Waals surface area contributed by atoms with Gasteiger partial charge in [-0.3, -0.25) is 0 Å². The molecule has 104 valence electrons. The maximum absolute atomic E-state index is 4.69. The number of aromatic nitrogens is 3. The van der Waals surface area contributed by atoms with Gasteiger partial charge in [0.15, 0.2) is 0 Å². The summed E-state index contributed by atoms with van der Waals surface area (Å²) in [6, 6.07) is 20.8. The largest absolute Gasteiger partial charge is 0.240 e. The zero-order valence-electron chi connectivity index (χ0n) is 11.6. The molecule has 4 heteroatoms. The van der Waals surface area contributed by atoms with Gasteiger partial charge < -0.3 is 0 Å². The van der Waals surface area contributed by atoms with E-state index in [0.717, 1.165) is 21.7 Å². The maximum Gasteiger partial charge on any atom is 0.145 e. The third kappa shape index (κ3) is 1.74. The Morgan fingerprint density at radius 1 is 0.864 bits per heavy atom. The van der Waals surface area contributed by atoms with Gasteiger partial charge in [0.2, 0.25) is 0 Å². The van der Waals surface area contributed by atoms with Crippen molar-refractivity contribution in [3.8, 4) is 10.7 Å². The molecule has 0 aliphatic carbocycles. The summed E-state index contributed by atoms with van der Waals surface area (Å²) < 4.78 is 3.13. The van der Waals surface area contributed by atoms with Crippen molar-refractivity contribution in [1.82, 2.24) is 14.6 Å². The number of thiazole rings is 1. The van der Waals surface area contributed by atoms with Crippen LogP contribution in [0.15, 0.2) is 66.9 Å². The molecule has 5 aromatic rings. The van der Waals surface area contributed by atoms with Crippen LogP contribution in [0.1, 0.15) is 0 Å². The first-order chi connectivity index (χ1) is 10.9. The monoisotopic (exact) mass is 301 g/mol. The molecule has 0 fully saturated rings. The van der Waals surface area contributed by atoms with E-state index in [4.69, 9.17) is 10.1 Å². The highest BCUT2D eigenvalue weighted by Gasteiger charge is 2.10. The number of pyridine rings is 1. The topological polar surface area (TPSA) is 30.2 Å². The lowest BCUT2D eigenvalue weighted by Gasteiger charge is -1.98. The zero-order valence-corrected chi connectivity index (χ0v) is 12.4. The minimum atomic E-state index is 0.927. The molecule has 0 radical (unpaired) electrons. The fourth-order valence-electron chi connectivity index (χ4n) is 2.76. The minimum Gasteiger partial charge on any atom is -0.240 e. The van der Waals surface area contributed by atoms with Gasteiger partial charge in [0, 0.05) is 11.6 Å². The van der Waals surface area contributed by atoms with Crippen LogP contribution in [0.2, 0.25) is 0 Å². The lowest BCUT2D eigenvalue weighted by atomic mass is 10.2. The molecule has 0 unspecified atom stereocenters. The maximum atomic E-state index is 4.69. The lowest BCUT2D eigenvalue weighted by molar-refractivity contribution is 0.973. The fraction of sp³-hybridized carbons (Fsp3) is 0. The summed E-state index contributed by atoms with van der Waals surface area (Å²) >= 11 is 1.68. The molecule has 0 atom stereocenters. The number of rotatable bonds is 1. The quantitative estimate of drug-likeness (QED) is 0.446. The van der Waals surface area contributed by atoms with E-state index < -0.39 is 0 Å². The second kappa shape index (κ2) is 4.39. The van der Waals surface area contributed by atoms with Gasteiger partial charge in [-0.2, -0.15) is 5.10 Å². The Labute approximate surface area is 130 Å². The van der Waals surface area contributed by atoms with E-state index in [1.807, 2.05) is 28.8 Å². The Morgan fingerprint density at radius 3 is 2.59 bits per heavy atom. The van der Waals surface area contributed by atoms with Gasteiger partial charge in [-0.1, -0.05) is 36.4 Å². The summed E-state index contributed by atoms with van der Waals surface area (Å²) in [5, 5.41) is 8.08. The first-order valence-corrected chi connectivity index (χ1v) is 7.93. The van der Waals surface area contributed by atoms with Crippen LogP contribution in [0, 0.1) is 0 Å². The van der Waals surface area contributed by atoms with Crippen molar-refractivity contribution in [2.75, 3.05) is 0 Å². The SMILES string of the molecule is c1ccc2cn3nc(-c4nc5ccccc5s4)cc3cc2c1. The summed E-state index contributed by atoms with van der Waals surface area (Å²) in [4.78, 5) is 4.69. The third-order valence-electron chi connectivity index (χ3n) is 3.84. The van der Waals surface area contributed by atoms with Crippen LogP contribution >= 0.6 is 11.3 Å². The average Bonchev–Trinajstić information content (AvgIpc) is 3.15. The van der Waals surface area contributed by atoms with E-state index >= 15 is 0 Å². The van der Waals surface area contributed by atoms with Gasteiger partial charge in [-0.05, 0) is 29.7 Å². The van der Waals surface area contributed by atoms with Crippen LogP contribution in [0.5, 0.6) is 0 Å². The van der Waals surface area contributed by atoms with E-state index in [2.05, 4.69) is 42.6 Å². The number of benzene rings is 2. The Balaban J connectivity index is 1.75. The highest BCUT2D eigenvalue weighted by molar-refractivity contribution is 7.21. The van der Waals surface area contributed by atoms with E-state index in [-0.39, 0.29) is 0 Å². The molecule has 3 aromatic heterocycles. The van der Waals surface area contributed by atoms with Crippen molar-refractivity contribution in [3.63, 3.8) is 0 Å². The van der Waals surface area contributed by atoms with E-state index in [1.165, 1.54) is 15.5 Å². The zero-order chi connectivity index (χ0) is 14.5. The van der Waals surface area contributed by atoms with E-state index in [0.29, 0.717) is 0 Å². The predicted molar refractivity (Wildman–Crippen MR) is 91.3 cm³/mol.